The molecule has 0 N–H and O–H groups in total. The molecule has 144 valence electrons. The Balaban J connectivity index is 2.08. The first-order chi connectivity index (χ1) is 12.2. The molecular formula is C21H31NO4. The summed E-state index contributed by atoms with van der Waals surface area (Å²) in [6.07, 6.45) is 1.94. The molecule has 1 amide bonds. The van der Waals surface area contributed by atoms with Crippen molar-refractivity contribution in [2.45, 2.75) is 71.6 Å². The van der Waals surface area contributed by atoms with E-state index < -0.39 is 5.60 Å². The van der Waals surface area contributed by atoms with Gasteiger partial charge in [0.1, 0.15) is 5.60 Å². The average Bonchev–Trinajstić information content (AvgIpc) is 2.54. The number of nitrogens with zero attached hydrogens (tertiary/aromatic N) is 1. The van der Waals surface area contributed by atoms with E-state index in [0.717, 1.165) is 12.8 Å². The van der Waals surface area contributed by atoms with Crippen molar-refractivity contribution in [1.29, 1.82) is 0 Å². The van der Waals surface area contributed by atoms with Crippen LogP contribution in [0.15, 0.2) is 24.3 Å². The fraction of sp³-hybridized carbons (Fsp3) is 0.619. The van der Waals surface area contributed by atoms with E-state index in [1.807, 2.05) is 52.0 Å². The highest BCUT2D eigenvalue weighted by molar-refractivity contribution is 5.96. The highest BCUT2D eigenvalue weighted by atomic mass is 16.6. The van der Waals surface area contributed by atoms with Gasteiger partial charge in [-0.05, 0) is 39.7 Å². The van der Waals surface area contributed by atoms with Crippen LogP contribution in [-0.4, -0.2) is 47.7 Å². The van der Waals surface area contributed by atoms with Gasteiger partial charge in [0.15, 0.2) is 5.78 Å². The third-order valence-electron chi connectivity index (χ3n) is 4.38. The molecule has 2 rings (SSSR count). The van der Waals surface area contributed by atoms with Crippen LogP contribution in [0, 0.1) is 0 Å². The Kier molecular flexibility index (Phi) is 6.81. The second-order valence-electron chi connectivity index (χ2n) is 8.00. The number of aryl methyl sites for hydroxylation is 1. The van der Waals surface area contributed by atoms with Crippen LogP contribution in [0.2, 0.25) is 0 Å². The van der Waals surface area contributed by atoms with Gasteiger partial charge in [0.05, 0.1) is 25.3 Å². The summed E-state index contributed by atoms with van der Waals surface area (Å²) in [6, 6.07) is 7.32. The maximum absolute atomic E-state index is 12.7. The van der Waals surface area contributed by atoms with Gasteiger partial charge < -0.3 is 9.47 Å². The van der Waals surface area contributed by atoms with Gasteiger partial charge in [0, 0.05) is 12.0 Å². The summed E-state index contributed by atoms with van der Waals surface area (Å²) in [7, 11) is 0. The minimum Gasteiger partial charge on any atom is -0.444 e. The van der Waals surface area contributed by atoms with Crippen molar-refractivity contribution in [3.63, 3.8) is 0 Å². The van der Waals surface area contributed by atoms with Crippen molar-refractivity contribution in [3.05, 3.63) is 35.4 Å². The molecule has 0 bridgehead atoms. The Morgan fingerprint density at radius 3 is 2.42 bits per heavy atom. The molecule has 2 unspecified atom stereocenters. The molecule has 0 spiro atoms. The maximum atomic E-state index is 12.7. The Morgan fingerprint density at radius 2 is 1.85 bits per heavy atom. The third kappa shape index (κ3) is 5.56. The van der Waals surface area contributed by atoms with Gasteiger partial charge in [-0.15, -0.1) is 0 Å². The number of ether oxygens (including phenoxy) is 2. The van der Waals surface area contributed by atoms with Gasteiger partial charge in [-0.1, -0.05) is 37.6 Å². The highest BCUT2D eigenvalue weighted by Crippen LogP contribution is 2.22. The first kappa shape index (κ1) is 20.4. The predicted molar refractivity (Wildman–Crippen MR) is 102 cm³/mol. The maximum Gasteiger partial charge on any atom is 0.410 e. The number of benzene rings is 1. The van der Waals surface area contributed by atoms with Crippen LogP contribution in [0.5, 0.6) is 0 Å². The van der Waals surface area contributed by atoms with E-state index in [4.69, 9.17) is 9.47 Å². The van der Waals surface area contributed by atoms with E-state index in [1.165, 1.54) is 5.56 Å². The van der Waals surface area contributed by atoms with Crippen molar-refractivity contribution in [3.8, 4) is 0 Å². The van der Waals surface area contributed by atoms with Crippen LogP contribution in [-0.2, 0) is 15.9 Å². The minimum absolute atomic E-state index is 0.0179. The van der Waals surface area contributed by atoms with Gasteiger partial charge in [0.25, 0.3) is 0 Å². The van der Waals surface area contributed by atoms with Crippen molar-refractivity contribution in [1.82, 2.24) is 4.90 Å². The van der Waals surface area contributed by atoms with Crippen molar-refractivity contribution < 1.29 is 19.1 Å². The summed E-state index contributed by atoms with van der Waals surface area (Å²) in [6.45, 7) is 10.4. The SMILES string of the molecule is CCCc1ccc(C(=O)CC2COCC(C)N2C(=O)OC(C)(C)C)cc1. The number of Topliss-reactive ketones (excluding diaryl/α,β-unsaturated/α-hetero) is 1. The van der Waals surface area contributed by atoms with Crippen LogP contribution >= 0.6 is 0 Å². The lowest BCUT2D eigenvalue weighted by molar-refractivity contribution is -0.0558. The third-order valence-corrected chi connectivity index (χ3v) is 4.38. The summed E-state index contributed by atoms with van der Waals surface area (Å²) in [5.74, 6) is 0.0179. The van der Waals surface area contributed by atoms with Crippen LogP contribution in [0.4, 0.5) is 4.79 Å². The monoisotopic (exact) mass is 361 g/mol. The van der Waals surface area contributed by atoms with Crippen LogP contribution in [0.25, 0.3) is 0 Å². The van der Waals surface area contributed by atoms with Gasteiger partial charge in [0.2, 0.25) is 0 Å². The Bertz CT molecular complexity index is 618. The molecule has 5 heteroatoms. The molecule has 0 aliphatic carbocycles. The van der Waals surface area contributed by atoms with Gasteiger partial charge in [-0.2, -0.15) is 0 Å². The largest absolute Gasteiger partial charge is 0.444 e. The Hall–Kier alpha value is -1.88. The number of carbonyl (C=O) groups is 2. The molecule has 0 saturated carbocycles. The minimum atomic E-state index is -0.571. The van der Waals surface area contributed by atoms with E-state index in [2.05, 4.69) is 6.92 Å². The first-order valence-electron chi connectivity index (χ1n) is 9.42. The van der Waals surface area contributed by atoms with Crippen LogP contribution < -0.4 is 0 Å². The molecule has 1 aromatic carbocycles. The number of ketones is 1. The molecular weight excluding hydrogens is 330 g/mol. The molecule has 26 heavy (non-hydrogen) atoms. The number of hydrogen-bond acceptors (Lipinski definition) is 4. The van der Waals surface area contributed by atoms with E-state index in [0.29, 0.717) is 18.8 Å². The van der Waals surface area contributed by atoms with E-state index >= 15 is 0 Å². The molecule has 2 atom stereocenters. The number of morpholine rings is 1. The molecule has 1 aliphatic rings. The summed E-state index contributed by atoms with van der Waals surface area (Å²) in [5, 5.41) is 0. The lowest BCUT2D eigenvalue weighted by Crippen LogP contribution is -2.55. The Labute approximate surface area is 156 Å². The molecule has 1 aliphatic heterocycles. The Morgan fingerprint density at radius 1 is 1.19 bits per heavy atom. The number of rotatable bonds is 5. The van der Waals surface area contributed by atoms with Crippen LogP contribution in [0.1, 0.15) is 63.4 Å². The molecule has 1 fully saturated rings. The van der Waals surface area contributed by atoms with Gasteiger partial charge in [-0.3, -0.25) is 9.69 Å². The number of carbonyl (C=O) groups excluding carboxylic acids is 2. The molecule has 5 nitrogen and oxygen atoms in total. The predicted octanol–water partition coefficient (Wildman–Crippen LogP) is 4.24. The summed E-state index contributed by atoms with van der Waals surface area (Å²) < 4.78 is 11.1. The van der Waals surface area contributed by atoms with E-state index in [-0.39, 0.29) is 30.4 Å². The zero-order valence-electron chi connectivity index (χ0n) is 16.6. The fourth-order valence-corrected chi connectivity index (χ4v) is 3.17. The molecule has 1 saturated heterocycles. The lowest BCUT2D eigenvalue weighted by Gasteiger charge is -2.40. The lowest BCUT2D eigenvalue weighted by atomic mass is 9.99. The number of amides is 1. The molecule has 1 aromatic rings. The van der Waals surface area contributed by atoms with E-state index in [9.17, 15) is 9.59 Å². The second kappa shape index (κ2) is 8.67. The quantitative estimate of drug-likeness (QED) is 0.736. The second-order valence-corrected chi connectivity index (χ2v) is 8.00. The molecule has 1 heterocycles. The van der Waals surface area contributed by atoms with E-state index in [1.54, 1.807) is 4.90 Å². The van der Waals surface area contributed by atoms with Gasteiger partial charge >= 0.3 is 6.09 Å². The van der Waals surface area contributed by atoms with Crippen molar-refractivity contribution in [2.75, 3.05) is 13.2 Å². The standard InChI is InChI=1S/C21H31NO4/c1-6-7-16-8-10-17(11-9-16)19(23)12-18-14-25-13-15(2)22(18)20(24)26-21(3,4)5/h8-11,15,18H,6-7,12-14H2,1-5H3. The summed E-state index contributed by atoms with van der Waals surface area (Å²) in [4.78, 5) is 27.0. The topological polar surface area (TPSA) is 55.8 Å². The zero-order chi connectivity index (χ0) is 19.3. The first-order valence-corrected chi connectivity index (χ1v) is 9.42. The smallest absolute Gasteiger partial charge is 0.410 e. The van der Waals surface area contributed by atoms with Crippen LogP contribution in [0.3, 0.4) is 0 Å². The van der Waals surface area contributed by atoms with Gasteiger partial charge in [-0.25, -0.2) is 4.79 Å². The number of hydrogen-bond donors (Lipinski definition) is 0. The average molecular weight is 361 g/mol. The van der Waals surface area contributed by atoms with Crippen molar-refractivity contribution in [2.24, 2.45) is 0 Å². The normalized spacial score (nSPS) is 20.7. The fourth-order valence-electron chi connectivity index (χ4n) is 3.17. The van der Waals surface area contributed by atoms with Crippen molar-refractivity contribution >= 4 is 11.9 Å². The molecule has 0 aromatic heterocycles. The zero-order valence-corrected chi connectivity index (χ0v) is 16.6. The highest BCUT2D eigenvalue weighted by Gasteiger charge is 2.36. The summed E-state index contributed by atoms with van der Waals surface area (Å²) >= 11 is 0. The summed E-state index contributed by atoms with van der Waals surface area (Å²) in [5.41, 5.74) is 1.33. The molecule has 0 radical (unpaired) electrons.